The molecule has 0 saturated carbocycles. The summed E-state index contributed by atoms with van der Waals surface area (Å²) in [6, 6.07) is 4.92. The van der Waals surface area contributed by atoms with E-state index in [0.717, 1.165) is 0 Å². The largest absolute Gasteiger partial charge is 0.504 e. The molecule has 0 saturated heterocycles. The van der Waals surface area contributed by atoms with E-state index in [1.165, 1.54) is 7.11 Å². The summed E-state index contributed by atoms with van der Waals surface area (Å²) in [5.41, 5.74) is 0.250. The molecule has 94 valence electrons. The average molecular weight is 302 g/mol. The Morgan fingerprint density at radius 1 is 1.59 bits per heavy atom. The van der Waals surface area contributed by atoms with Gasteiger partial charge in [0.15, 0.2) is 11.5 Å². The summed E-state index contributed by atoms with van der Waals surface area (Å²) in [5, 5.41) is 10.6. The van der Waals surface area contributed by atoms with Gasteiger partial charge in [-0.05, 0) is 19.1 Å². The minimum Gasteiger partial charge on any atom is -0.504 e. The lowest BCUT2D eigenvalue weighted by Crippen LogP contribution is -2.36. The number of hydrogen-bond donors (Lipinski definition) is 1. The van der Waals surface area contributed by atoms with Gasteiger partial charge in [0.25, 0.3) is 5.91 Å². The van der Waals surface area contributed by atoms with Crippen molar-refractivity contribution in [2.45, 2.75) is 13.0 Å². The van der Waals surface area contributed by atoms with E-state index in [0.29, 0.717) is 11.1 Å². The van der Waals surface area contributed by atoms with Crippen molar-refractivity contribution in [3.63, 3.8) is 0 Å². The third kappa shape index (κ3) is 2.91. The number of phenolic OH excluding ortho intramolecular Hbond substituents is 1. The molecule has 0 aliphatic heterocycles. The first-order valence-electron chi connectivity index (χ1n) is 5.22. The lowest BCUT2D eigenvalue weighted by atomic mass is 10.1. The van der Waals surface area contributed by atoms with Crippen LogP contribution in [0, 0.1) is 0 Å². The predicted octanol–water partition coefficient (Wildman–Crippen LogP) is 2.26. The molecule has 1 atom stereocenters. The van der Waals surface area contributed by atoms with E-state index in [9.17, 15) is 9.90 Å². The van der Waals surface area contributed by atoms with Crippen LogP contribution >= 0.6 is 15.9 Å². The number of nitrogens with zero attached hydrogens (tertiary/aromatic N) is 1. The number of hydrogen-bond acceptors (Lipinski definition) is 3. The molecule has 0 bridgehead atoms. The molecule has 5 heteroatoms. The van der Waals surface area contributed by atoms with Gasteiger partial charge < -0.3 is 14.7 Å². The number of aromatic hydroxyl groups is 1. The van der Waals surface area contributed by atoms with Gasteiger partial charge in [0, 0.05) is 18.4 Å². The van der Waals surface area contributed by atoms with Crippen molar-refractivity contribution >= 4 is 21.8 Å². The maximum atomic E-state index is 12.1. The van der Waals surface area contributed by atoms with Crippen molar-refractivity contribution in [3.8, 4) is 11.5 Å². The number of carbonyl (C=O) groups is 1. The van der Waals surface area contributed by atoms with Gasteiger partial charge in [-0.15, -0.1) is 0 Å². The normalized spacial score (nSPS) is 12.0. The number of halogens is 1. The zero-order valence-electron chi connectivity index (χ0n) is 10.1. The Morgan fingerprint density at radius 3 is 2.76 bits per heavy atom. The molecule has 0 aromatic heterocycles. The molecular weight excluding hydrogens is 286 g/mol. The van der Waals surface area contributed by atoms with E-state index in [-0.39, 0.29) is 23.3 Å². The van der Waals surface area contributed by atoms with Crippen LogP contribution in [-0.4, -0.2) is 41.4 Å². The second-order valence-electron chi connectivity index (χ2n) is 3.78. The highest BCUT2D eigenvalue weighted by Crippen LogP contribution is 2.30. The van der Waals surface area contributed by atoms with E-state index >= 15 is 0 Å². The molecule has 0 heterocycles. The summed E-state index contributed by atoms with van der Waals surface area (Å²) in [6.07, 6.45) is 0. The summed E-state index contributed by atoms with van der Waals surface area (Å²) in [5.74, 6) is -0.0438. The molecule has 1 aromatic carbocycles. The third-order valence-corrected chi connectivity index (χ3v) is 3.59. The summed E-state index contributed by atoms with van der Waals surface area (Å²) in [7, 11) is 3.15. The summed E-state index contributed by atoms with van der Waals surface area (Å²) >= 11 is 3.32. The minimum absolute atomic E-state index is 0.0492. The second kappa shape index (κ2) is 5.91. The monoisotopic (exact) mass is 301 g/mol. The van der Waals surface area contributed by atoms with Crippen molar-refractivity contribution in [2.75, 3.05) is 19.5 Å². The number of carbonyl (C=O) groups excluding carboxylic acids is 1. The molecule has 17 heavy (non-hydrogen) atoms. The fraction of sp³-hybridized carbons (Fsp3) is 0.417. The fourth-order valence-corrected chi connectivity index (χ4v) is 1.79. The Morgan fingerprint density at radius 2 is 2.24 bits per heavy atom. The van der Waals surface area contributed by atoms with Crippen LogP contribution < -0.4 is 4.74 Å². The van der Waals surface area contributed by atoms with Gasteiger partial charge in [-0.25, -0.2) is 0 Å². The zero-order valence-corrected chi connectivity index (χ0v) is 11.7. The fourth-order valence-electron chi connectivity index (χ4n) is 1.35. The van der Waals surface area contributed by atoms with Crippen LogP contribution in [0.5, 0.6) is 11.5 Å². The van der Waals surface area contributed by atoms with Crippen LogP contribution in [-0.2, 0) is 0 Å². The van der Waals surface area contributed by atoms with Crippen molar-refractivity contribution in [1.82, 2.24) is 4.90 Å². The second-order valence-corrected chi connectivity index (χ2v) is 4.42. The lowest BCUT2D eigenvalue weighted by Gasteiger charge is -2.23. The van der Waals surface area contributed by atoms with E-state index in [1.54, 1.807) is 30.1 Å². The highest BCUT2D eigenvalue weighted by Gasteiger charge is 2.21. The van der Waals surface area contributed by atoms with Crippen molar-refractivity contribution in [1.29, 1.82) is 0 Å². The van der Waals surface area contributed by atoms with Gasteiger partial charge in [-0.1, -0.05) is 22.0 Å². The number of alkyl halides is 1. The highest BCUT2D eigenvalue weighted by atomic mass is 79.9. The summed E-state index contributed by atoms with van der Waals surface area (Å²) in [4.78, 5) is 13.7. The van der Waals surface area contributed by atoms with Crippen LogP contribution in [0.1, 0.15) is 17.3 Å². The molecule has 0 spiro atoms. The molecular formula is C12H16BrNO3. The van der Waals surface area contributed by atoms with Crippen LogP contribution in [0.2, 0.25) is 0 Å². The Bertz CT molecular complexity index is 409. The highest BCUT2D eigenvalue weighted by molar-refractivity contribution is 9.09. The minimum atomic E-state index is -0.228. The van der Waals surface area contributed by atoms with Gasteiger partial charge in [-0.2, -0.15) is 0 Å². The molecule has 0 radical (unpaired) electrons. The van der Waals surface area contributed by atoms with Gasteiger partial charge in [0.1, 0.15) is 0 Å². The molecule has 1 N–H and O–H groups in total. The van der Waals surface area contributed by atoms with Gasteiger partial charge >= 0.3 is 0 Å². The van der Waals surface area contributed by atoms with Crippen LogP contribution in [0.15, 0.2) is 18.2 Å². The number of amides is 1. The topological polar surface area (TPSA) is 49.8 Å². The first-order valence-corrected chi connectivity index (χ1v) is 6.34. The van der Waals surface area contributed by atoms with Crippen LogP contribution in [0.4, 0.5) is 0 Å². The maximum Gasteiger partial charge on any atom is 0.257 e. The maximum absolute atomic E-state index is 12.1. The Labute approximate surface area is 109 Å². The first kappa shape index (κ1) is 13.8. The van der Waals surface area contributed by atoms with Crippen molar-refractivity contribution < 1.29 is 14.6 Å². The summed E-state index contributed by atoms with van der Waals surface area (Å²) < 4.78 is 4.97. The molecule has 1 rings (SSSR count). The number of methoxy groups -OCH3 is 1. The Kier molecular flexibility index (Phi) is 4.81. The molecule has 1 aromatic rings. The number of rotatable bonds is 4. The van der Waals surface area contributed by atoms with Crippen LogP contribution in [0.3, 0.4) is 0 Å². The molecule has 1 unspecified atom stereocenters. The molecule has 4 nitrogen and oxygen atoms in total. The van der Waals surface area contributed by atoms with E-state index in [2.05, 4.69) is 15.9 Å². The predicted molar refractivity (Wildman–Crippen MR) is 70.0 cm³/mol. The standard InChI is InChI=1S/C12H16BrNO3/c1-8(7-13)14(2)12(16)9-5-4-6-10(17-3)11(9)15/h4-6,8,15H,7H2,1-3H3. The molecule has 0 aliphatic carbocycles. The van der Waals surface area contributed by atoms with E-state index in [1.807, 2.05) is 6.92 Å². The number of ether oxygens (including phenoxy) is 1. The van der Waals surface area contributed by atoms with Gasteiger partial charge in [0.2, 0.25) is 0 Å². The first-order chi connectivity index (χ1) is 8.02. The zero-order chi connectivity index (χ0) is 13.0. The van der Waals surface area contributed by atoms with E-state index in [4.69, 9.17) is 4.74 Å². The molecule has 1 amide bonds. The smallest absolute Gasteiger partial charge is 0.257 e. The van der Waals surface area contributed by atoms with E-state index < -0.39 is 0 Å². The van der Waals surface area contributed by atoms with Crippen molar-refractivity contribution in [2.24, 2.45) is 0 Å². The average Bonchev–Trinajstić information content (AvgIpc) is 2.36. The lowest BCUT2D eigenvalue weighted by molar-refractivity contribution is 0.0754. The van der Waals surface area contributed by atoms with Gasteiger partial charge in [-0.3, -0.25) is 4.79 Å². The number of para-hydroxylation sites is 1. The Hall–Kier alpha value is -1.23. The quantitative estimate of drug-likeness (QED) is 0.868. The number of benzene rings is 1. The van der Waals surface area contributed by atoms with Gasteiger partial charge in [0.05, 0.1) is 12.7 Å². The molecule has 0 aliphatic rings. The SMILES string of the molecule is COc1cccc(C(=O)N(C)C(C)CBr)c1O. The third-order valence-electron chi connectivity index (χ3n) is 2.65. The Balaban J connectivity index is 3.04. The van der Waals surface area contributed by atoms with Crippen LogP contribution in [0.25, 0.3) is 0 Å². The molecule has 0 fully saturated rings. The summed E-state index contributed by atoms with van der Waals surface area (Å²) in [6.45, 7) is 1.92. The number of phenols is 1. The van der Waals surface area contributed by atoms with Crippen molar-refractivity contribution in [3.05, 3.63) is 23.8 Å².